The molecule has 0 N–H and O–H groups in total. The molecule has 0 aromatic heterocycles. The molecule has 0 heterocycles. The van der Waals surface area contributed by atoms with E-state index < -0.39 is 0 Å². The Morgan fingerprint density at radius 2 is 0.951 bits per heavy atom. The molecule has 0 radical (unpaired) electrons. The standard InChI is InChI=1S/C40H30O/c1-40(2)35-19-11-10-13-27(35)28-21-20-25(24-36(28)40)38-30-15-6-8-17-32(30)39(33-18-9-7-16-31(33)38)34-22-23-37(41-3)29-14-5-4-12-26(29)34/h4-24H,1-3H3. The molecule has 0 unspecified atom stereocenters. The first-order valence-electron chi connectivity index (χ1n) is 14.3. The molecular weight excluding hydrogens is 496 g/mol. The normalized spacial score (nSPS) is 13.4. The molecule has 196 valence electrons. The molecule has 0 atom stereocenters. The van der Waals surface area contributed by atoms with Gasteiger partial charge in [0.2, 0.25) is 0 Å². The summed E-state index contributed by atoms with van der Waals surface area (Å²) in [6.45, 7) is 4.71. The summed E-state index contributed by atoms with van der Waals surface area (Å²) in [5, 5.41) is 7.40. The molecule has 41 heavy (non-hydrogen) atoms. The summed E-state index contributed by atoms with van der Waals surface area (Å²) in [4.78, 5) is 0. The van der Waals surface area contributed by atoms with Crippen molar-refractivity contribution in [3.05, 3.63) is 139 Å². The summed E-state index contributed by atoms with van der Waals surface area (Å²) in [6, 6.07) is 46.7. The largest absolute Gasteiger partial charge is 0.496 e. The van der Waals surface area contributed by atoms with Gasteiger partial charge in [-0.15, -0.1) is 0 Å². The third-order valence-corrected chi connectivity index (χ3v) is 9.18. The number of hydrogen-bond acceptors (Lipinski definition) is 1. The van der Waals surface area contributed by atoms with Gasteiger partial charge in [-0.3, -0.25) is 0 Å². The van der Waals surface area contributed by atoms with Crippen LogP contribution in [0.5, 0.6) is 5.75 Å². The molecule has 0 fully saturated rings. The molecule has 0 bridgehead atoms. The Morgan fingerprint density at radius 3 is 1.61 bits per heavy atom. The molecule has 8 rings (SSSR count). The topological polar surface area (TPSA) is 9.23 Å². The van der Waals surface area contributed by atoms with E-state index in [-0.39, 0.29) is 5.41 Å². The molecule has 1 aliphatic rings. The van der Waals surface area contributed by atoms with Crippen molar-refractivity contribution in [1.29, 1.82) is 0 Å². The van der Waals surface area contributed by atoms with Crippen LogP contribution < -0.4 is 4.74 Å². The third-order valence-electron chi connectivity index (χ3n) is 9.18. The van der Waals surface area contributed by atoms with Crippen LogP contribution in [0.15, 0.2) is 127 Å². The highest BCUT2D eigenvalue weighted by molar-refractivity contribution is 6.23. The van der Waals surface area contributed by atoms with E-state index in [1.807, 2.05) is 0 Å². The van der Waals surface area contributed by atoms with Gasteiger partial charge in [0.25, 0.3) is 0 Å². The van der Waals surface area contributed by atoms with Crippen LogP contribution >= 0.6 is 0 Å². The van der Waals surface area contributed by atoms with Crippen molar-refractivity contribution >= 4 is 32.3 Å². The minimum Gasteiger partial charge on any atom is -0.496 e. The molecule has 7 aromatic rings. The zero-order chi connectivity index (χ0) is 27.7. The Morgan fingerprint density at radius 1 is 0.439 bits per heavy atom. The van der Waals surface area contributed by atoms with Crippen LogP contribution in [0.25, 0.3) is 65.7 Å². The van der Waals surface area contributed by atoms with Crippen molar-refractivity contribution in [2.24, 2.45) is 0 Å². The van der Waals surface area contributed by atoms with E-state index in [4.69, 9.17) is 4.74 Å². The predicted octanol–water partition coefficient (Wildman–Crippen LogP) is 10.8. The number of fused-ring (bicyclic) bond motifs is 6. The number of hydrogen-bond donors (Lipinski definition) is 0. The Balaban J connectivity index is 1.46. The smallest absolute Gasteiger partial charge is 0.126 e. The maximum Gasteiger partial charge on any atom is 0.126 e. The minimum atomic E-state index is -0.0461. The lowest BCUT2D eigenvalue weighted by molar-refractivity contribution is 0.420. The van der Waals surface area contributed by atoms with Crippen molar-refractivity contribution in [2.75, 3.05) is 7.11 Å². The van der Waals surface area contributed by atoms with Gasteiger partial charge in [-0.2, -0.15) is 0 Å². The van der Waals surface area contributed by atoms with Crippen LogP contribution in [-0.2, 0) is 5.41 Å². The first-order chi connectivity index (χ1) is 20.1. The second-order valence-electron chi connectivity index (χ2n) is 11.6. The van der Waals surface area contributed by atoms with Crippen molar-refractivity contribution in [2.45, 2.75) is 19.3 Å². The van der Waals surface area contributed by atoms with Gasteiger partial charge in [0.15, 0.2) is 0 Å². The van der Waals surface area contributed by atoms with Crippen LogP contribution in [0.1, 0.15) is 25.0 Å². The molecule has 0 spiro atoms. The van der Waals surface area contributed by atoms with Gasteiger partial charge >= 0.3 is 0 Å². The van der Waals surface area contributed by atoms with Crippen LogP contribution in [-0.4, -0.2) is 7.11 Å². The lowest BCUT2D eigenvalue weighted by Crippen LogP contribution is -2.14. The van der Waals surface area contributed by atoms with Crippen molar-refractivity contribution < 1.29 is 4.74 Å². The highest BCUT2D eigenvalue weighted by Crippen LogP contribution is 2.51. The first kappa shape index (κ1) is 24.0. The summed E-state index contributed by atoms with van der Waals surface area (Å²) in [7, 11) is 1.75. The third kappa shape index (κ3) is 3.36. The molecule has 7 aromatic carbocycles. The van der Waals surface area contributed by atoms with E-state index in [1.165, 1.54) is 71.4 Å². The Hall–Kier alpha value is -4.88. The lowest BCUT2D eigenvalue weighted by Gasteiger charge is -2.23. The van der Waals surface area contributed by atoms with E-state index >= 15 is 0 Å². The second kappa shape index (κ2) is 8.81. The van der Waals surface area contributed by atoms with E-state index in [0.717, 1.165) is 11.1 Å². The van der Waals surface area contributed by atoms with E-state index in [0.29, 0.717) is 0 Å². The molecule has 1 aliphatic carbocycles. The van der Waals surface area contributed by atoms with Crippen LogP contribution in [0.3, 0.4) is 0 Å². The van der Waals surface area contributed by atoms with E-state index in [9.17, 15) is 0 Å². The highest BCUT2D eigenvalue weighted by atomic mass is 16.5. The van der Waals surface area contributed by atoms with Crippen LogP contribution in [0.2, 0.25) is 0 Å². The molecule has 0 aliphatic heterocycles. The molecule has 1 nitrogen and oxygen atoms in total. The average Bonchev–Trinajstić information content (AvgIpc) is 3.25. The van der Waals surface area contributed by atoms with Gasteiger partial charge in [-0.25, -0.2) is 0 Å². The zero-order valence-corrected chi connectivity index (χ0v) is 23.5. The number of rotatable bonds is 3. The molecule has 0 amide bonds. The predicted molar refractivity (Wildman–Crippen MR) is 174 cm³/mol. The molecule has 0 saturated heterocycles. The van der Waals surface area contributed by atoms with Gasteiger partial charge in [-0.1, -0.05) is 129 Å². The summed E-state index contributed by atoms with van der Waals surface area (Å²) >= 11 is 0. The minimum absolute atomic E-state index is 0.0461. The fourth-order valence-corrected chi connectivity index (χ4v) is 7.26. The maximum absolute atomic E-state index is 5.75. The van der Waals surface area contributed by atoms with E-state index in [1.54, 1.807) is 7.11 Å². The second-order valence-corrected chi connectivity index (χ2v) is 11.6. The summed E-state index contributed by atoms with van der Waals surface area (Å²) in [5.41, 5.74) is 10.5. The average molecular weight is 527 g/mol. The first-order valence-corrected chi connectivity index (χ1v) is 14.3. The van der Waals surface area contributed by atoms with Crippen molar-refractivity contribution in [1.82, 2.24) is 0 Å². The van der Waals surface area contributed by atoms with Crippen molar-refractivity contribution in [3.63, 3.8) is 0 Å². The Bertz CT molecular complexity index is 2110. The fourth-order valence-electron chi connectivity index (χ4n) is 7.26. The van der Waals surface area contributed by atoms with Gasteiger partial charge in [0.1, 0.15) is 5.75 Å². The highest BCUT2D eigenvalue weighted by Gasteiger charge is 2.35. The monoisotopic (exact) mass is 526 g/mol. The molecule has 1 heteroatoms. The quantitative estimate of drug-likeness (QED) is 0.208. The maximum atomic E-state index is 5.75. The lowest BCUT2D eigenvalue weighted by atomic mass is 9.80. The number of ether oxygens (including phenoxy) is 1. The number of methoxy groups -OCH3 is 1. The SMILES string of the molecule is COc1ccc(-c2c3ccccc3c(-c3ccc4c(c3)C(C)(C)c3ccccc3-4)c3ccccc23)c2ccccc12. The van der Waals surface area contributed by atoms with Gasteiger partial charge < -0.3 is 4.74 Å². The Kier molecular flexibility index (Phi) is 5.15. The zero-order valence-electron chi connectivity index (χ0n) is 23.5. The summed E-state index contributed by atoms with van der Waals surface area (Å²) in [5.74, 6) is 0.899. The Labute approximate surface area is 240 Å². The fraction of sp³-hybridized carbons (Fsp3) is 0.100. The number of benzene rings is 7. The summed E-state index contributed by atoms with van der Waals surface area (Å²) < 4.78 is 5.75. The van der Waals surface area contributed by atoms with Crippen LogP contribution in [0, 0.1) is 0 Å². The molecular formula is C40H30O. The van der Waals surface area contributed by atoms with Crippen LogP contribution in [0.4, 0.5) is 0 Å². The molecule has 0 saturated carbocycles. The summed E-state index contributed by atoms with van der Waals surface area (Å²) in [6.07, 6.45) is 0. The van der Waals surface area contributed by atoms with Crippen molar-refractivity contribution in [3.8, 4) is 39.1 Å². The van der Waals surface area contributed by atoms with Gasteiger partial charge in [0.05, 0.1) is 7.11 Å². The van der Waals surface area contributed by atoms with E-state index in [2.05, 4.69) is 141 Å². The van der Waals surface area contributed by atoms with Gasteiger partial charge in [-0.05, 0) is 83.6 Å². The van der Waals surface area contributed by atoms with Gasteiger partial charge in [0, 0.05) is 10.8 Å².